The molecule has 3 rings (SSSR count). The van der Waals surface area contributed by atoms with Gasteiger partial charge in [-0.05, 0) is 44.4 Å². The minimum Gasteiger partial charge on any atom is -0.352 e. The van der Waals surface area contributed by atoms with Crippen molar-refractivity contribution >= 4 is 17.3 Å². The van der Waals surface area contributed by atoms with Crippen molar-refractivity contribution in [2.24, 2.45) is 4.99 Å². The number of thiazole rings is 1. The Morgan fingerprint density at radius 3 is 2.59 bits per heavy atom. The minimum absolute atomic E-state index is 0.700. The Labute approximate surface area is 166 Å². The molecule has 0 spiro atoms. The zero-order chi connectivity index (χ0) is 19.1. The van der Waals surface area contributed by atoms with Gasteiger partial charge in [-0.25, -0.2) is 4.98 Å². The molecule has 1 aromatic heterocycles. The lowest BCUT2D eigenvalue weighted by molar-refractivity contribution is 0.152. The van der Waals surface area contributed by atoms with Gasteiger partial charge in [0.25, 0.3) is 0 Å². The number of guanidine groups is 1. The quantitative estimate of drug-likeness (QED) is 0.588. The Balaban J connectivity index is 1.45. The van der Waals surface area contributed by atoms with Gasteiger partial charge >= 0.3 is 0 Å². The summed E-state index contributed by atoms with van der Waals surface area (Å²) >= 11 is 1.71. The van der Waals surface area contributed by atoms with Crippen LogP contribution in [0.2, 0.25) is 0 Å². The Morgan fingerprint density at radius 1 is 1.19 bits per heavy atom. The lowest BCUT2D eigenvalue weighted by atomic mass is 10.0. The lowest BCUT2D eigenvalue weighted by Crippen LogP contribution is -2.36. The predicted octanol–water partition coefficient (Wildman–Crippen LogP) is 3.69. The summed E-state index contributed by atoms with van der Waals surface area (Å²) in [7, 11) is 1.80. The van der Waals surface area contributed by atoms with Gasteiger partial charge in [-0.15, -0.1) is 11.3 Å². The van der Waals surface area contributed by atoms with E-state index < -0.39 is 0 Å². The second-order valence-corrected chi connectivity index (χ2v) is 8.60. The SMILES string of the molecule is CN=C(NCc1ccc(CN2CCCCC2C)cc1)NCc1ncc(C)s1. The molecule has 1 atom stereocenters. The molecule has 1 aliphatic rings. The molecular formula is C21H31N5S. The van der Waals surface area contributed by atoms with E-state index >= 15 is 0 Å². The number of nitrogens with zero attached hydrogens (tertiary/aromatic N) is 3. The predicted molar refractivity (Wildman–Crippen MR) is 114 cm³/mol. The fourth-order valence-electron chi connectivity index (χ4n) is 3.44. The van der Waals surface area contributed by atoms with Crippen LogP contribution in [0.5, 0.6) is 0 Å². The standard InChI is InChI=1S/C21H31N5S/c1-16-6-4-5-11-26(16)15-19-9-7-18(8-10-19)13-24-21(22-3)25-14-20-23-12-17(2)27-20/h7-10,12,16H,4-6,11,13-15H2,1-3H3,(H2,22,24,25). The van der Waals surface area contributed by atoms with Gasteiger partial charge in [-0.3, -0.25) is 9.89 Å². The molecule has 5 nitrogen and oxygen atoms in total. The maximum atomic E-state index is 4.37. The van der Waals surface area contributed by atoms with Crippen LogP contribution in [0.3, 0.4) is 0 Å². The van der Waals surface area contributed by atoms with E-state index in [-0.39, 0.29) is 0 Å². The van der Waals surface area contributed by atoms with Gasteiger partial charge in [-0.2, -0.15) is 0 Å². The Kier molecular flexibility index (Phi) is 7.24. The number of rotatable bonds is 6. The number of hydrogen-bond donors (Lipinski definition) is 2. The summed E-state index contributed by atoms with van der Waals surface area (Å²) in [6.07, 6.45) is 5.94. The Morgan fingerprint density at radius 2 is 1.93 bits per heavy atom. The molecule has 2 aromatic rings. The van der Waals surface area contributed by atoms with E-state index in [0.29, 0.717) is 12.6 Å². The fourth-order valence-corrected chi connectivity index (χ4v) is 4.17. The smallest absolute Gasteiger partial charge is 0.191 e. The molecule has 27 heavy (non-hydrogen) atoms. The second kappa shape index (κ2) is 9.85. The highest BCUT2D eigenvalue weighted by atomic mass is 32.1. The third kappa shape index (κ3) is 6.04. The number of likely N-dealkylation sites (tertiary alicyclic amines) is 1. The highest BCUT2D eigenvalue weighted by Gasteiger charge is 2.17. The summed E-state index contributed by atoms with van der Waals surface area (Å²) < 4.78 is 0. The molecular weight excluding hydrogens is 354 g/mol. The van der Waals surface area contributed by atoms with Crippen LogP contribution in [0.1, 0.15) is 47.2 Å². The highest BCUT2D eigenvalue weighted by Crippen LogP contribution is 2.19. The molecule has 2 heterocycles. The number of aromatic nitrogens is 1. The highest BCUT2D eigenvalue weighted by molar-refractivity contribution is 7.11. The van der Waals surface area contributed by atoms with Gasteiger partial charge in [0, 0.05) is 37.3 Å². The van der Waals surface area contributed by atoms with Crippen molar-refractivity contribution in [3.05, 3.63) is 51.5 Å². The van der Waals surface area contributed by atoms with Crippen LogP contribution in [-0.4, -0.2) is 35.5 Å². The third-order valence-corrected chi connectivity index (χ3v) is 6.02. The molecule has 1 fully saturated rings. The first-order chi connectivity index (χ1) is 13.1. The van der Waals surface area contributed by atoms with Crippen molar-refractivity contribution in [2.75, 3.05) is 13.6 Å². The first-order valence-corrected chi connectivity index (χ1v) is 10.6. The van der Waals surface area contributed by atoms with E-state index in [1.807, 2.05) is 6.20 Å². The van der Waals surface area contributed by atoms with Gasteiger partial charge in [0.15, 0.2) is 5.96 Å². The van der Waals surface area contributed by atoms with E-state index in [0.717, 1.165) is 24.1 Å². The Hall–Kier alpha value is -1.92. The van der Waals surface area contributed by atoms with Gasteiger partial charge in [0.1, 0.15) is 5.01 Å². The van der Waals surface area contributed by atoms with Crippen molar-refractivity contribution in [1.82, 2.24) is 20.5 Å². The van der Waals surface area contributed by atoms with Gasteiger partial charge < -0.3 is 10.6 Å². The molecule has 1 unspecified atom stereocenters. The number of nitrogens with one attached hydrogen (secondary N) is 2. The molecule has 0 amide bonds. The zero-order valence-electron chi connectivity index (χ0n) is 16.7. The topological polar surface area (TPSA) is 52.6 Å². The van der Waals surface area contributed by atoms with Gasteiger partial charge in [0.05, 0.1) is 6.54 Å². The summed E-state index contributed by atoms with van der Waals surface area (Å²) in [4.78, 5) is 12.5. The second-order valence-electron chi connectivity index (χ2n) is 7.28. The molecule has 6 heteroatoms. The maximum Gasteiger partial charge on any atom is 0.191 e. The average molecular weight is 386 g/mol. The van der Waals surface area contributed by atoms with Crippen LogP contribution < -0.4 is 10.6 Å². The lowest BCUT2D eigenvalue weighted by Gasteiger charge is -2.33. The van der Waals surface area contributed by atoms with Crippen molar-refractivity contribution in [2.45, 2.75) is 58.8 Å². The van der Waals surface area contributed by atoms with Crippen LogP contribution in [0.25, 0.3) is 0 Å². The summed E-state index contributed by atoms with van der Waals surface area (Å²) in [5.74, 6) is 0.800. The van der Waals surface area contributed by atoms with Crippen LogP contribution >= 0.6 is 11.3 Å². The summed E-state index contributed by atoms with van der Waals surface area (Å²) in [5.41, 5.74) is 2.66. The maximum absolute atomic E-state index is 4.37. The molecule has 1 saturated heterocycles. The number of piperidine rings is 1. The molecule has 0 saturated carbocycles. The van der Waals surface area contributed by atoms with Crippen LogP contribution in [0.4, 0.5) is 0 Å². The number of hydrogen-bond acceptors (Lipinski definition) is 4. The Bertz CT molecular complexity index is 737. The van der Waals surface area contributed by atoms with Crippen LogP contribution in [0, 0.1) is 6.92 Å². The molecule has 2 N–H and O–H groups in total. The number of benzene rings is 1. The van der Waals surface area contributed by atoms with E-state index in [2.05, 4.69) is 63.6 Å². The molecule has 1 aromatic carbocycles. The average Bonchev–Trinajstić information content (AvgIpc) is 3.10. The molecule has 0 radical (unpaired) electrons. The first-order valence-electron chi connectivity index (χ1n) is 9.81. The minimum atomic E-state index is 0.700. The van der Waals surface area contributed by atoms with E-state index in [4.69, 9.17) is 0 Å². The van der Waals surface area contributed by atoms with Gasteiger partial charge in [0.2, 0.25) is 0 Å². The van der Waals surface area contributed by atoms with E-state index in [1.54, 1.807) is 18.4 Å². The number of aliphatic imine (C=N–C) groups is 1. The van der Waals surface area contributed by atoms with Crippen molar-refractivity contribution in [3.8, 4) is 0 Å². The molecule has 146 valence electrons. The molecule has 1 aliphatic heterocycles. The van der Waals surface area contributed by atoms with E-state index in [1.165, 1.54) is 41.8 Å². The third-order valence-electron chi connectivity index (χ3n) is 5.11. The van der Waals surface area contributed by atoms with Crippen molar-refractivity contribution < 1.29 is 0 Å². The summed E-state index contributed by atoms with van der Waals surface area (Å²) in [6, 6.07) is 9.65. The first kappa shape index (κ1) is 19.8. The van der Waals surface area contributed by atoms with Crippen molar-refractivity contribution in [3.63, 3.8) is 0 Å². The number of aryl methyl sites for hydroxylation is 1. The summed E-state index contributed by atoms with van der Waals surface area (Å²) in [5, 5.41) is 7.77. The normalized spacial score (nSPS) is 18.5. The largest absolute Gasteiger partial charge is 0.352 e. The van der Waals surface area contributed by atoms with Crippen LogP contribution in [0.15, 0.2) is 35.5 Å². The fraction of sp³-hybridized carbons (Fsp3) is 0.524. The van der Waals surface area contributed by atoms with Crippen molar-refractivity contribution in [1.29, 1.82) is 0 Å². The monoisotopic (exact) mass is 385 g/mol. The zero-order valence-corrected chi connectivity index (χ0v) is 17.5. The van der Waals surface area contributed by atoms with Crippen LogP contribution in [-0.2, 0) is 19.6 Å². The summed E-state index contributed by atoms with van der Waals surface area (Å²) in [6.45, 7) is 8.17. The molecule has 0 bridgehead atoms. The van der Waals surface area contributed by atoms with E-state index in [9.17, 15) is 0 Å². The van der Waals surface area contributed by atoms with Gasteiger partial charge in [-0.1, -0.05) is 30.7 Å². The molecule has 0 aliphatic carbocycles.